The van der Waals surface area contributed by atoms with Gasteiger partial charge in [-0.1, -0.05) is 166 Å². The number of hydrogen-bond donors (Lipinski definition) is 2. The Hall–Kier alpha value is -6.52. The molecular formula is C94H124Cl2N6O12S4. The van der Waals surface area contributed by atoms with E-state index in [1.54, 1.807) is 9.80 Å². The maximum absolute atomic E-state index is 11.4. The van der Waals surface area contributed by atoms with Crippen LogP contribution >= 0.6 is 47.3 Å². The van der Waals surface area contributed by atoms with E-state index in [4.69, 9.17) is 23.2 Å². The lowest BCUT2D eigenvalue weighted by molar-refractivity contribution is -0.894. The van der Waals surface area contributed by atoms with Gasteiger partial charge in [0.15, 0.2) is 11.4 Å². The van der Waals surface area contributed by atoms with Gasteiger partial charge >= 0.3 is 0 Å². The quantitative estimate of drug-likeness (QED) is 0.00933. The van der Waals surface area contributed by atoms with Gasteiger partial charge in [-0.25, -0.2) is 16.8 Å². The molecule has 6 aromatic carbocycles. The molecule has 2 N–H and O–H groups in total. The van der Waals surface area contributed by atoms with E-state index in [0.717, 1.165) is 144 Å². The Morgan fingerprint density at radius 2 is 0.864 bits per heavy atom. The van der Waals surface area contributed by atoms with Gasteiger partial charge in [-0.15, -0.1) is 0 Å². The largest absolute Gasteiger partial charge is 0.748 e. The summed E-state index contributed by atoms with van der Waals surface area (Å²) in [5.41, 5.74) is 17.7. The fourth-order valence-electron chi connectivity index (χ4n) is 17.6. The van der Waals surface area contributed by atoms with Crippen molar-refractivity contribution in [1.82, 2.24) is 0 Å². The highest BCUT2D eigenvalue weighted by Crippen LogP contribution is 2.53. The molecule has 2 aliphatic carbocycles. The lowest BCUT2D eigenvalue weighted by Gasteiger charge is -2.27. The second-order valence-corrected chi connectivity index (χ2v) is 38.4. The van der Waals surface area contributed by atoms with Crippen LogP contribution in [0.5, 0.6) is 0 Å². The van der Waals surface area contributed by atoms with Crippen LogP contribution in [0.1, 0.15) is 196 Å². The number of rotatable bonds is 36. The standard InChI is InChI=1S/C45H49ClN2O6S2.C37H45ClN2O6S2.2C6H15N/c1-44(2)39(47(27-9-11-29-55-54-53-49)37-23-19-31-13-5-7-15-35(31)41(37)44)25-21-33-17-18-34(43(33)46)22-26-40-45(3,4)42-36-16-8-6-14-32(36)20-24-38(42)48(40)28-10-12-30-56(50,51)52;1-36(2)29-13-5-7-15-31(29)39(23-9-11-25-47-46-45-41)33(36)21-19-27-17-18-28(35(27)38)20-22-34-37(3,4)30-14-6-8-16-32(30)40(34)24-10-12-26-48(42,43)44;2*1-4-7(5-2)6-3/h5-8,13-16,19-26H,9-12,17-18,27-30H2,1-4H3,(H-,49,50,51,52);5-8,13-16,19-22H,9-12,17-18,23-26H2,1-4H3,(H-,41,42,43,44);2*4-6H2,1-3H3. The Bertz CT molecular complexity index is 5010. The number of unbranched alkanes of at least 4 members (excludes halogenated alkanes) is 4. The van der Waals surface area contributed by atoms with E-state index in [0.29, 0.717) is 50.3 Å². The number of nitrogens with one attached hydrogen (secondary N) is 2. The van der Waals surface area contributed by atoms with Gasteiger partial charge in [0.1, 0.15) is 13.1 Å². The average Bonchev–Trinajstić information content (AvgIpc) is 1.58. The van der Waals surface area contributed by atoms with Crippen molar-refractivity contribution < 1.29 is 74.2 Å². The molecule has 0 bridgehead atoms. The van der Waals surface area contributed by atoms with Gasteiger partial charge in [-0.3, -0.25) is 10.1 Å². The number of halogens is 2. The van der Waals surface area contributed by atoms with Crippen molar-refractivity contribution in [2.75, 3.05) is 98.3 Å². The number of hydrogen-bond acceptors (Lipinski definition) is 16. The first-order valence-corrected chi connectivity index (χ1v) is 47.9. The minimum Gasteiger partial charge on any atom is -0.748 e. The molecule has 0 atom stereocenters. The van der Waals surface area contributed by atoms with Crippen molar-refractivity contribution in [3.63, 3.8) is 0 Å². The number of fused-ring (bicyclic) bond motifs is 8. The van der Waals surface area contributed by atoms with E-state index in [9.17, 15) is 36.5 Å². The predicted octanol–water partition coefficient (Wildman–Crippen LogP) is 17.2. The van der Waals surface area contributed by atoms with Crippen molar-refractivity contribution in [1.29, 1.82) is 0 Å². The molecule has 0 unspecified atom stereocenters. The first kappa shape index (κ1) is 95.3. The van der Waals surface area contributed by atoms with Gasteiger partial charge in [0, 0.05) is 152 Å². The number of nitrogens with zero attached hydrogens (tertiary/aromatic N) is 4. The van der Waals surface area contributed by atoms with Gasteiger partial charge in [0.2, 0.25) is 11.4 Å². The van der Waals surface area contributed by atoms with Crippen molar-refractivity contribution in [2.24, 2.45) is 0 Å². The molecule has 4 aliphatic heterocycles. The van der Waals surface area contributed by atoms with Crippen LogP contribution in [0.2, 0.25) is 0 Å². The van der Waals surface area contributed by atoms with E-state index >= 15 is 0 Å². The summed E-state index contributed by atoms with van der Waals surface area (Å²) in [7, 11) is -8.50. The van der Waals surface area contributed by atoms with E-state index < -0.39 is 20.2 Å². The Balaban J connectivity index is 0.000000233. The summed E-state index contributed by atoms with van der Waals surface area (Å²) in [5, 5.41) is 33.7. The lowest BCUT2D eigenvalue weighted by atomic mass is 9.79. The summed E-state index contributed by atoms with van der Waals surface area (Å²) in [5.74, 6) is 0.623. The zero-order valence-electron chi connectivity index (χ0n) is 71.6. The third kappa shape index (κ3) is 23.6. The van der Waals surface area contributed by atoms with Crippen LogP contribution in [0, 0.1) is 0 Å². The highest BCUT2D eigenvalue weighted by molar-refractivity contribution is 7.94. The first-order chi connectivity index (χ1) is 56.4. The minimum absolute atomic E-state index is 0.180. The van der Waals surface area contributed by atoms with Gasteiger partial charge < -0.3 is 39.2 Å². The molecule has 118 heavy (non-hydrogen) atoms. The molecule has 24 heteroatoms. The molecule has 0 aromatic heterocycles. The summed E-state index contributed by atoms with van der Waals surface area (Å²) >= 11 is 16.3. The van der Waals surface area contributed by atoms with Crippen LogP contribution < -0.4 is 30.1 Å². The van der Waals surface area contributed by atoms with Crippen LogP contribution in [0.15, 0.2) is 214 Å². The zero-order chi connectivity index (χ0) is 85.6. The number of quaternary nitrogens is 2. The smallest absolute Gasteiger partial charge is 0.210 e. The summed E-state index contributed by atoms with van der Waals surface area (Å²) in [6, 6.07) is 42.6. The molecule has 0 saturated carbocycles. The first-order valence-electron chi connectivity index (χ1n) is 42.1. The van der Waals surface area contributed by atoms with Crippen molar-refractivity contribution >= 4 is 123 Å². The minimum atomic E-state index is -4.27. The highest BCUT2D eigenvalue weighted by Gasteiger charge is 2.47. The molecule has 0 amide bonds. The second-order valence-electron chi connectivity index (χ2n) is 33.0. The highest BCUT2D eigenvalue weighted by atomic mass is 35.5. The molecule has 4 heterocycles. The maximum Gasteiger partial charge on any atom is 0.210 e. The van der Waals surface area contributed by atoms with Crippen LogP contribution in [0.3, 0.4) is 0 Å². The Labute approximate surface area is 722 Å². The third-order valence-electron chi connectivity index (χ3n) is 24.3. The monoisotopic (exact) mass is 1730 g/mol. The summed E-state index contributed by atoms with van der Waals surface area (Å²) < 4.78 is 81.1. The molecule has 0 spiro atoms. The predicted molar refractivity (Wildman–Crippen MR) is 482 cm³/mol. The molecule has 12 rings (SSSR count). The SMILES string of the molecule is CC1(C)C(=CC=C2CCC(C=CC3=[N+](CCCCS(=O)(=O)[O-])c4ccc5ccccc5c4C3(C)C)=C2Cl)N(CCCCSOO[O-])c2ccc3ccccc3c21.CC1(C)C(=CC=C2CCC(C=CC3=[N+](CCCCS(=O)(=O)[O-])c4ccccc4C3(C)C)=C2Cl)N(CCCCSOO[O-])c2ccccc21.CC[NH+](CC)CC.CC[NH+](CC)CC. The number of anilines is 2. The van der Waals surface area contributed by atoms with E-state index in [1.165, 1.54) is 106 Å². The summed E-state index contributed by atoms with van der Waals surface area (Å²) in [6.45, 7) is 41.9. The fraction of sp³-hybridized carbons (Fsp3) is 0.468. The van der Waals surface area contributed by atoms with Crippen molar-refractivity contribution in [3.8, 4) is 0 Å². The van der Waals surface area contributed by atoms with E-state index in [1.807, 2.05) is 12.1 Å². The average molecular weight is 1730 g/mol. The molecule has 0 fully saturated rings. The van der Waals surface area contributed by atoms with Gasteiger partial charge in [-0.2, -0.15) is 17.8 Å². The summed E-state index contributed by atoms with van der Waals surface area (Å²) in [6.07, 6.45) is 26.2. The Morgan fingerprint density at radius 1 is 0.441 bits per heavy atom. The van der Waals surface area contributed by atoms with Crippen LogP contribution in [-0.2, 0) is 60.6 Å². The molecule has 18 nitrogen and oxygen atoms in total. The number of para-hydroxylation sites is 2. The van der Waals surface area contributed by atoms with Crippen LogP contribution in [0.4, 0.5) is 22.7 Å². The maximum atomic E-state index is 11.4. The Morgan fingerprint density at radius 3 is 1.35 bits per heavy atom. The topological polar surface area (TPSA) is 219 Å². The van der Waals surface area contributed by atoms with Crippen molar-refractivity contribution in [3.05, 3.63) is 236 Å². The van der Waals surface area contributed by atoms with Gasteiger partial charge in [-0.05, 0) is 219 Å². The molecule has 6 aliphatic rings. The lowest BCUT2D eigenvalue weighted by Crippen LogP contribution is -3.11. The number of allylic oxidation sites excluding steroid dienone is 16. The van der Waals surface area contributed by atoms with Gasteiger partial charge in [0.25, 0.3) is 0 Å². The molecule has 6 aromatic rings. The van der Waals surface area contributed by atoms with E-state index in [-0.39, 0.29) is 33.2 Å². The van der Waals surface area contributed by atoms with Crippen LogP contribution in [-0.4, -0.2) is 135 Å². The second kappa shape index (κ2) is 44.0. The summed E-state index contributed by atoms with van der Waals surface area (Å²) in [4.78, 5) is 8.19. The van der Waals surface area contributed by atoms with Crippen molar-refractivity contribution in [2.45, 2.75) is 196 Å². The fourth-order valence-corrected chi connectivity index (χ4v) is 20.2. The van der Waals surface area contributed by atoms with Gasteiger partial charge in [0.05, 0.1) is 70.3 Å². The molecule has 0 radical (unpaired) electrons. The molecule has 640 valence electrons. The zero-order valence-corrected chi connectivity index (χ0v) is 76.4. The normalized spacial score (nSPS) is 18.5. The molecule has 0 saturated heterocycles. The molecular weight excluding hydrogens is 1600 g/mol. The number of benzene rings is 6. The van der Waals surface area contributed by atoms with E-state index in [2.05, 4.69) is 292 Å². The third-order valence-corrected chi connectivity index (χ3v) is 28.0. The van der Waals surface area contributed by atoms with Crippen LogP contribution in [0.25, 0.3) is 21.5 Å². The Kier molecular flexibility index (Phi) is 35.5.